The number of rotatable bonds is 9. The molecule has 4 aromatic carbocycles. The number of benzene rings is 4. The average molecular weight is 536 g/mol. The Labute approximate surface area is 230 Å². The first-order valence-corrected chi connectivity index (χ1v) is 12.4. The first kappa shape index (κ1) is 26.2. The maximum atomic E-state index is 14.3. The summed E-state index contributed by atoms with van der Waals surface area (Å²) in [5.41, 5.74) is 1.79. The van der Waals surface area contributed by atoms with Crippen LogP contribution in [0.2, 0.25) is 0 Å². The molecule has 0 saturated heterocycles. The minimum atomic E-state index is -0.989. The van der Waals surface area contributed by atoms with Crippen molar-refractivity contribution in [2.75, 3.05) is 24.4 Å². The van der Waals surface area contributed by atoms with Crippen molar-refractivity contribution in [2.45, 2.75) is 6.04 Å². The molecule has 1 aliphatic rings. The summed E-state index contributed by atoms with van der Waals surface area (Å²) >= 11 is 0. The second-order valence-corrected chi connectivity index (χ2v) is 8.94. The molecule has 1 N–H and O–H groups in total. The lowest BCUT2D eigenvalue weighted by molar-refractivity contribution is -0.384. The predicted octanol–water partition coefficient (Wildman–Crippen LogP) is 5.95. The number of methoxy groups -OCH3 is 2. The second-order valence-electron chi connectivity index (χ2n) is 8.94. The SMILES string of the molecule is COc1ccc(NC2=C(C(=O)c3ccccc3)C(c3cccc([N+](=O)[O-])c3)N(c3ccccc3OC)C2=O)cc1. The summed E-state index contributed by atoms with van der Waals surface area (Å²) in [6.07, 6.45) is 0. The van der Waals surface area contributed by atoms with E-state index in [9.17, 15) is 19.7 Å². The van der Waals surface area contributed by atoms with Gasteiger partial charge in [-0.2, -0.15) is 0 Å². The van der Waals surface area contributed by atoms with Gasteiger partial charge in [-0.1, -0.05) is 54.6 Å². The maximum Gasteiger partial charge on any atom is 0.276 e. The summed E-state index contributed by atoms with van der Waals surface area (Å²) in [5, 5.41) is 14.8. The van der Waals surface area contributed by atoms with E-state index in [1.54, 1.807) is 92.0 Å². The number of hydrogen-bond acceptors (Lipinski definition) is 7. The Balaban J connectivity index is 1.76. The Bertz CT molecular complexity index is 1620. The van der Waals surface area contributed by atoms with Crippen LogP contribution in [0, 0.1) is 10.1 Å². The predicted molar refractivity (Wildman–Crippen MR) is 151 cm³/mol. The van der Waals surface area contributed by atoms with Crippen molar-refractivity contribution in [3.63, 3.8) is 0 Å². The van der Waals surface area contributed by atoms with E-state index in [2.05, 4.69) is 5.32 Å². The maximum absolute atomic E-state index is 14.3. The van der Waals surface area contributed by atoms with Crippen LogP contribution in [0.1, 0.15) is 22.0 Å². The number of nitro benzene ring substituents is 1. The largest absolute Gasteiger partial charge is 0.497 e. The van der Waals surface area contributed by atoms with Gasteiger partial charge in [0.15, 0.2) is 5.78 Å². The van der Waals surface area contributed by atoms with E-state index in [0.29, 0.717) is 34.0 Å². The lowest BCUT2D eigenvalue weighted by atomic mass is 9.92. The molecule has 1 heterocycles. The molecular weight excluding hydrogens is 510 g/mol. The first-order valence-electron chi connectivity index (χ1n) is 12.4. The number of nitrogens with one attached hydrogen (secondary N) is 1. The number of amides is 1. The Morgan fingerprint density at radius 2 is 1.57 bits per heavy atom. The summed E-state index contributed by atoms with van der Waals surface area (Å²) in [7, 11) is 3.04. The van der Waals surface area contributed by atoms with Gasteiger partial charge >= 0.3 is 0 Å². The molecule has 5 rings (SSSR count). The smallest absolute Gasteiger partial charge is 0.276 e. The lowest BCUT2D eigenvalue weighted by Crippen LogP contribution is -2.32. The number of anilines is 2. The van der Waals surface area contributed by atoms with Gasteiger partial charge in [-0.25, -0.2) is 0 Å². The molecule has 0 saturated carbocycles. The minimum Gasteiger partial charge on any atom is -0.497 e. The minimum absolute atomic E-state index is 0.0569. The summed E-state index contributed by atoms with van der Waals surface area (Å²) in [6, 6.07) is 27.4. The second kappa shape index (κ2) is 11.1. The molecule has 4 aromatic rings. The highest BCUT2D eigenvalue weighted by molar-refractivity contribution is 6.23. The summed E-state index contributed by atoms with van der Waals surface area (Å²) in [5.74, 6) is 0.154. The zero-order valence-electron chi connectivity index (χ0n) is 21.7. The molecule has 1 unspecified atom stereocenters. The number of nitrogens with zero attached hydrogens (tertiary/aromatic N) is 2. The van der Waals surface area contributed by atoms with Gasteiger partial charge in [0.2, 0.25) is 0 Å². The van der Waals surface area contributed by atoms with Gasteiger partial charge in [-0.15, -0.1) is 0 Å². The van der Waals surface area contributed by atoms with E-state index in [1.165, 1.54) is 30.2 Å². The third-order valence-corrected chi connectivity index (χ3v) is 6.62. The van der Waals surface area contributed by atoms with Crippen LogP contribution in [-0.2, 0) is 4.79 Å². The molecule has 0 spiro atoms. The van der Waals surface area contributed by atoms with Crippen molar-refractivity contribution < 1.29 is 24.0 Å². The third kappa shape index (κ3) is 4.88. The van der Waals surface area contributed by atoms with Crippen LogP contribution in [0.3, 0.4) is 0 Å². The number of ether oxygens (including phenoxy) is 2. The fourth-order valence-electron chi connectivity index (χ4n) is 4.74. The average Bonchev–Trinajstić information content (AvgIpc) is 3.28. The fraction of sp³-hybridized carbons (Fsp3) is 0.0968. The third-order valence-electron chi connectivity index (χ3n) is 6.62. The molecule has 9 heteroatoms. The topological polar surface area (TPSA) is 111 Å². The summed E-state index contributed by atoms with van der Waals surface area (Å²) < 4.78 is 10.8. The van der Waals surface area contributed by atoms with Crippen molar-refractivity contribution in [1.82, 2.24) is 0 Å². The number of hydrogen-bond donors (Lipinski definition) is 1. The molecule has 1 aliphatic heterocycles. The molecule has 9 nitrogen and oxygen atoms in total. The Kier molecular flexibility index (Phi) is 7.28. The molecule has 0 bridgehead atoms. The molecule has 0 radical (unpaired) electrons. The van der Waals surface area contributed by atoms with Crippen molar-refractivity contribution >= 4 is 28.8 Å². The van der Waals surface area contributed by atoms with Gasteiger partial charge < -0.3 is 14.8 Å². The molecule has 40 heavy (non-hydrogen) atoms. The van der Waals surface area contributed by atoms with E-state index in [1.807, 2.05) is 0 Å². The molecule has 0 aliphatic carbocycles. The van der Waals surface area contributed by atoms with Crippen molar-refractivity contribution in [1.29, 1.82) is 0 Å². The zero-order chi connectivity index (χ0) is 28.2. The molecule has 0 fully saturated rings. The first-order chi connectivity index (χ1) is 19.4. The van der Waals surface area contributed by atoms with Crippen molar-refractivity contribution in [2.24, 2.45) is 0 Å². The van der Waals surface area contributed by atoms with Crippen molar-refractivity contribution in [3.8, 4) is 11.5 Å². The van der Waals surface area contributed by atoms with Crippen LogP contribution in [-0.4, -0.2) is 30.8 Å². The van der Waals surface area contributed by atoms with Gasteiger partial charge in [0.05, 0.1) is 36.4 Å². The molecule has 0 aromatic heterocycles. The highest BCUT2D eigenvalue weighted by atomic mass is 16.6. The summed E-state index contributed by atoms with van der Waals surface area (Å²) in [6.45, 7) is 0. The van der Waals surface area contributed by atoms with E-state index in [-0.39, 0.29) is 22.7 Å². The van der Waals surface area contributed by atoms with Gasteiger partial charge in [-0.05, 0) is 42.0 Å². The van der Waals surface area contributed by atoms with Crippen LogP contribution in [0.5, 0.6) is 11.5 Å². The number of para-hydroxylation sites is 2. The van der Waals surface area contributed by atoms with Crippen LogP contribution in [0.4, 0.5) is 17.1 Å². The Morgan fingerprint density at radius 1 is 0.875 bits per heavy atom. The van der Waals surface area contributed by atoms with Crippen LogP contribution >= 0.6 is 0 Å². The van der Waals surface area contributed by atoms with E-state index in [0.717, 1.165) is 0 Å². The van der Waals surface area contributed by atoms with Crippen LogP contribution in [0.15, 0.2) is 114 Å². The molecule has 1 atom stereocenters. The van der Waals surface area contributed by atoms with Crippen LogP contribution < -0.4 is 19.7 Å². The van der Waals surface area contributed by atoms with Gasteiger partial charge in [-0.3, -0.25) is 24.6 Å². The number of nitro groups is 1. The van der Waals surface area contributed by atoms with E-state index in [4.69, 9.17) is 9.47 Å². The number of carbonyl (C=O) groups is 2. The Hall–Kier alpha value is -5.44. The number of Topliss-reactive ketones (excluding diaryl/α,β-unsaturated/α-hetero) is 1. The van der Waals surface area contributed by atoms with Gasteiger partial charge in [0, 0.05) is 23.4 Å². The highest BCUT2D eigenvalue weighted by Crippen LogP contribution is 2.46. The molecular formula is C31H25N3O6. The van der Waals surface area contributed by atoms with Gasteiger partial charge in [0.1, 0.15) is 17.2 Å². The normalized spacial score (nSPS) is 14.7. The van der Waals surface area contributed by atoms with Crippen molar-refractivity contribution in [3.05, 3.63) is 136 Å². The number of non-ortho nitro benzene ring substituents is 1. The monoisotopic (exact) mass is 535 g/mol. The lowest BCUT2D eigenvalue weighted by Gasteiger charge is -2.28. The molecule has 1 amide bonds. The fourth-order valence-corrected chi connectivity index (χ4v) is 4.74. The van der Waals surface area contributed by atoms with E-state index < -0.39 is 16.9 Å². The molecule has 200 valence electrons. The zero-order valence-corrected chi connectivity index (χ0v) is 21.7. The van der Waals surface area contributed by atoms with E-state index >= 15 is 0 Å². The number of ketones is 1. The van der Waals surface area contributed by atoms with Crippen LogP contribution in [0.25, 0.3) is 0 Å². The Morgan fingerprint density at radius 3 is 2.25 bits per heavy atom. The highest BCUT2D eigenvalue weighted by Gasteiger charge is 2.45. The number of carbonyl (C=O) groups excluding carboxylic acids is 2. The van der Waals surface area contributed by atoms with Gasteiger partial charge in [0.25, 0.3) is 11.6 Å². The quantitative estimate of drug-likeness (QED) is 0.160. The summed E-state index contributed by atoms with van der Waals surface area (Å²) in [4.78, 5) is 41.1. The standard InChI is InChI=1S/C31H25N3O6/c1-39-24-17-15-22(16-18-24)32-28-27(30(35)20-9-4-3-5-10-20)29(21-11-8-12-23(19-21)34(37)38)33(31(28)36)25-13-6-7-14-26(25)40-2/h3-19,29,32H,1-2H3.